The molecule has 0 aromatic carbocycles. The van der Waals surface area contributed by atoms with Gasteiger partial charge in [-0.3, -0.25) is 0 Å². The second-order valence-electron chi connectivity index (χ2n) is 2.38. The molecule has 11 heavy (non-hydrogen) atoms. The molecule has 0 aliphatic heterocycles. The van der Waals surface area contributed by atoms with Gasteiger partial charge in [0.1, 0.15) is 0 Å². The Morgan fingerprint density at radius 2 is 2.27 bits per heavy atom. The Bertz CT molecular complexity index is 223. The fourth-order valence-corrected chi connectivity index (χ4v) is 1.22. The zero-order valence-electron chi connectivity index (χ0n) is 6.70. The van der Waals surface area contributed by atoms with E-state index in [0.717, 1.165) is 0 Å². The summed E-state index contributed by atoms with van der Waals surface area (Å²) in [5, 5.41) is 8.74. The van der Waals surface area contributed by atoms with E-state index in [1.807, 2.05) is 0 Å². The van der Waals surface area contributed by atoms with Crippen molar-refractivity contribution in [3.05, 3.63) is 5.89 Å². The number of nitrogens with zero attached hydrogens (tertiary/aromatic N) is 2. The topological polar surface area (TPSA) is 66.6 Å². The Morgan fingerprint density at radius 1 is 1.55 bits per heavy atom. The minimum Gasteiger partial charge on any atom is -0.410 e. The van der Waals surface area contributed by atoms with Gasteiger partial charge in [0.2, 0.25) is 0 Å². The second-order valence-corrected chi connectivity index (χ2v) is 3.91. The van der Waals surface area contributed by atoms with Gasteiger partial charge in [-0.1, -0.05) is 25.6 Å². The Labute approximate surface area is 69.6 Å². The highest BCUT2D eigenvalue weighted by Crippen LogP contribution is 2.20. The average molecular weight is 174 g/mol. The highest BCUT2D eigenvalue weighted by Gasteiger charge is 2.07. The van der Waals surface area contributed by atoms with E-state index in [9.17, 15) is 0 Å². The summed E-state index contributed by atoms with van der Waals surface area (Å²) in [7, 11) is 0. The zero-order valence-corrected chi connectivity index (χ0v) is 7.52. The van der Waals surface area contributed by atoms with Crippen LogP contribution >= 0.6 is 11.8 Å². The molecule has 1 rings (SSSR count). The largest absolute Gasteiger partial charge is 0.410 e. The normalized spacial score (nSPS) is 10.9. The lowest BCUT2D eigenvalue weighted by Crippen LogP contribution is -2.47. The Balaban J connectivity index is 2.58. The van der Waals surface area contributed by atoms with Crippen LogP contribution in [0, 0.1) is 0 Å². The summed E-state index contributed by atoms with van der Waals surface area (Å²) in [6, 6.07) is 0. The maximum Gasteiger partial charge on any atom is 0.277 e. The molecule has 0 amide bonds. The summed E-state index contributed by atoms with van der Waals surface area (Å²) in [6.45, 7) is 4.73. The van der Waals surface area contributed by atoms with Gasteiger partial charge in [-0.15, -0.1) is 10.2 Å². The van der Waals surface area contributed by atoms with Crippen molar-refractivity contribution in [2.75, 3.05) is 0 Å². The van der Waals surface area contributed by atoms with Gasteiger partial charge in [-0.25, -0.2) is 0 Å². The van der Waals surface area contributed by atoms with Crippen LogP contribution in [0.3, 0.4) is 0 Å². The molecule has 0 saturated heterocycles. The quantitative estimate of drug-likeness (QED) is 0.670. The van der Waals surface area contributed by atoms with Gasteiger partial charge in [0.15, 0.2) is 6.54 Å². The van der Waals surface area contributed by atoms with Crippen LogP contribution in [0.15, 0.2) is 9.64 Å². The van der Waals surface area contributed by atoms with Crippen LogP contribution in [0.2, 0.25) is 0 Å². The van der Waals surface area contributed by atoms with Crippen LogP contribution in [0.4, 0.5) is 0 Å². The fourth-order valence-electron chi connectivity index (χ4n) is 0.588. The molecule has 3 N–H and O–H groups in total. The molecular weight excluding hydrogens is 162 g/mol. The summed E-state index contributed by atoms with van der Waals surface area (Å²) in [6.07, 6.45) is 0. The van der Waals surface area contributed by atoms with Gasteiger partial charge >= 0.3 is 0 Å². The van der Waals surface area contributed by atoms with E-state index in [0.29, 0.717) is 22.9 Å². The maximum absolute atomic E-state index is 5.22. The number of rotatable bonds is 3. The molecule has 0 bridgehead atoms. The minimum atomic E-state index is 0.480. The lowest BCUT2D eigenvalue weighted by molar-refractivity contribution is -0.391. The molecule has 1 heterocycles. The first-order chi connectivity index (χ1) is 5.22. The second kappa shape index (κ2) is 3.73. The van der Waals surface area contributed by atoms with Crippen molar-refractivity contribution in [1.82, 2.24) is 10.2 Å². The predicted octanol–water partition coefficient (Wildman–Crippen LogP) is 0.312. The van der Waals surface area contributed by atoms with Crippen LogP contribution in [0.1, 0.15) is 19.7 Å². The molecule has 0 saturated carbocycles. The van der Waals surface area contributed by atoms with Gasteiger partial charge in [0.25, 0.3) is 11.1 Å². The molecule has 0 fully saturated rings. The van der Waals surface area contributed by atoms with Crippen molar-refractivity contribution in [3.8, 4) is 0 Å². The SMILES string of the molecule is CC(C)Sc1nnc(C[NH3+])o1. The van der Waals surface area contributed by atoms with Gasteiger partial charge in [0.05, 0.1) is 0 Å². The lowest BCUT2D eigenvalue weighted by atomic mass is 10.6. The molecule has 0 aliphatic carbocycles. The average Bonchev–Trinajstić information content (AvgIpc) is 2.34. The first-order valence-electron chi connectivity index (χ1n) is 3.50. The van der Waals surface area contributed by atoms with E-state index in [2.05, 4.69) is 29.8 Å². The maximum atomic E-state index is 5.22. The summed E-state index contributed by atoms with van der Waals surface area (Å²) in [5.74, 6) is 0.605. The van der Waals surface area contributed by atoms with Crippen molar-refractivity contribution in [3.63, 3.8) is 0 Å². The molecule has 62 valence electrons. The van der Waals surface area contributed by atoms with E-state index >= 15 is 0 Å². The first kappa shape index (κ1) is 8.55. The summed E-state index contributed by atoms with van der Waals surface area (Å²) in [5.41, 5.74) is 3.64. The van der Waals surface area contributed by atoms with Crippen molar-refractivity contribution >= 4 is 11.8 Å². The Kier molecular flexibility index (Phi) is 2.90. The molecule has 4 nitrogen and oxygen atoms in total. The smallest absolute Gasteiger partial charge is 0.277 e. The molecule has 0 aliphatic rings. The van der Waals surface area contributed by atoms with Crippen molar-refractivity contribution in [1.29, 1.82) is 0 Å². The third-order valence-electron chi connectivity index (χ3n) is 0.999. The number of quaternary nitrogens is 1. The minimum absolute atomic E-state index is 0.480. The van der Waals surface area contributed by atoms with Gasteiger partial charge in [-0.2, -0.15) is 0 Å². The molecule has 1 aromatic heterocycles. The third-order valence-corrected chi connectivity index (χ3v) is 1.84. The highest BCUT2D eigenvalue weighted by atomic mass is 32.2. The van der Waals surface area contributed by atoms with E-state index in [-0.39, 0.29) is 0 Å². The van der Waals surface area contributed by atoms with Crippen molar-refractivity contribution < 1.29 is 10.2 Å². The fraction of sp³-hybridized carbons (Fsp3) is 0.667. The van der Waals surface area contributed by atoms with Crippen LogP contribution < -0.4 is 5.73 Å². The molecule has 1 aromatic rings. The van der Waals surface area contributed by atoms with Crippen molar-refractivity contribution in [2.45, 2.75) is 30.9 Å². The molecule has 0 radical (unpaired) electrons. The zero-order chi connectivity index (χ0) is 8.27. The third kappa shape index (κ3) is 2.51. The van der Waals surface area contributed by atoms with Crippen molar-refractivity contribution in [2.24, 2.45) is 0 Å². The molecule has 5 heteroatoms. The predicted molar refractivity (Wildman–Crippen MR) is 41.9 cm³/mol. The first-order valence-corrected chi connectivity index (χ1v) is 4.38. The molecule has 0 unspecified atom stereocenters. The number of hydrogen-bond acceptors (Lipinski definition) is 4. The summed E-state index contributed by atoms with van der Waals surface area (Å²) < 4.78 is 5.22. The molecule has 0 atom stereocenters. The number of hydrogen-bond donors (Lipinski definition) is 1. The van der Waals surface area contributed by atoms with E-state index in [4.69, 9.17) is 4.42 Å². The number of thioether (sulfide) groups is 1. The number of aromatic nitrogens is 2. The van der Waals surface area contributed by atoms with Crippen LogP contribution in [0.25, 0.3) is 0 Å². The van der Waals surface area contributed by atoms with Crippen LogP contribution in [-0.4, -0.2) is 15.4 Å². The van der Waals surface area contributed by atoms with E-state index in [1.54, 1.807) is 11.8 Å². The van der Waals surface area contributed by atoms with Gasteiger partial charge in [0, 0.05) is 5.25 Å². The lowest BCUT2D eigenvalue weighted by Gasteiger charge is -1.95. The van der Waals surface area contributed by atoms with Crippen LogP contribution in [-0.2, 0) is 6.54 Å². The highest BCUT2D eigenvalue weighted by molar-refractivity contribution is 7.99. The van der Waals surface area contributed by atoms with Gasteiger partial charge < -0.3 is 10.2 Å². The Morgan fingerprint density at radius 3 is 2.73 bits per heavy atom. The molecular formula is C6H12N3OS+. The summed E-state index contributed by atoms with van der Waals surface area (Å²) >= 11 is 1.57. The van der Waals surface area contributed by atoms with E-state index < -0.39 is 0 Å². The Hall–Kier alpha value is -0.550. The van der Waals surface area contributed by atoms with E-state index in [1.165, 1.54) is 0 Å². The summed E-state index contributed by atoms with van der Waals surface area (Å²) in [4.78, 5) is 0. The monoisotopic (exact) mass is 174 g/mol. The van der Waals surface area contributed by atoms with Crippen LogP contribution in [0.5, 0.6) is 0 Å². The van der Waals surface area contributed by atoms with Gasteiger partial charge in [-0.05, 0) is 0 Å². The standard InChI is InChI=1S/C6H11N3OS/c1-4(2)11-6-9-8-5(3-7)10-6/h4H,3,7H2,1-2H3/p+1. The molecule has 0 spiro atoms.